The minimum atomic E-state index is -0.788. The standard InChI is InChI=1S/C25H28Br2FN5O2/c1-15-6-5-7-22(24(15)27)33-14-20(29-30-33)13-32-16(2)11-31(12-17(32)3)25(34)18(4)35-23-9-8-19(26)10-21(23)28/h5-10,14,16-18H,11-13H2,1-4H3/t16-,17+,18?. The number of hydrogen-bond acceptors (Lipinski definition) is 5. The summed E-state index contributed by atoms with van der Waals surface area (Å²) in [5, 5.41) is 8.70. The van der Waals surface area contributed by atoms with Crippen molar-refractivity contribution in [2.45, 2.75) is 52.4 Å². The average molecular weight is 609 g/mol. The van der Waals surface area contributed by atoms with Crippen LogP contribution in [0.4, 0.5) is 4.39 Å². The molecule has 0 radical (unpaired) electrons. The van der Waals surface area contributed by atoms with E-state index in [1.54, 1.807) is 22.6 Å². The Balaban J connectivity index is 1.39. The van der Waals surface area contributed by atoms with Crippen LogP contribution < -0.4 is 4.74 Å². The second-order valence-corrected chi connectivity index (χ2v) is 10.7. The Morgan fingerprint density at radius 3 is 2.60 bits per heavy atom. The Kier molecular flexibility index (Phi) is 7.92. The van der Waals surface area contributed by atoms with Gasteiger partial charge in [-0.05, 0) is 73.5 Å². The fraction of sp³-hybridized carbons (Fsp3) is 0.400. The average Bonchev–Trinajstić information content (AvgIpc) is 3.27. The molecule has 1 aliphatic heterocycles. The molecule has 2 aromatic carbocycles. The van der Waals surface area contributed by atoms with Crippen molar-refractivity contribution in [3.8, 4) is 11.4 Å². The molecule has 186 valence electrons. The molecule has 0 aliphatic carbocycles. The topological polar surface area (TPSA) is 63.5 Å². The predicted molar refractivity (Wildman–Crippen MR) is 139 cm³/mol. The van der Waals surface area contributed by atoms with Crippen molar-refractivity contribution < 1.29 is 13.9 Å². The van der Waals surface area contributed by atoms with Gasteiger partial charge in [-0.2, -0.15) is 0 Å². The summed E-state index contributed by atoms with van der Waals surface area (Å²) in [7, 11) is 0. The van der Waals surface area contributed by atoms with Crippen molar-refractivity contribution >= 4 is 37.8 Å². The van der Waals surface area contributed by atoms with E-state index in [1.165, 1.54) is 12.1 Å². The molecule has 1 saturated heterocycles. The van der Waals surface area contributed by atoms with Gasteiger partial charge in [0.2, 0.25) is 0 Å². The molecule has 4 rings (SSSR count). The Morgan fingerprint density at radius 1 is 1.20 bits per heavy atom. The van der Waals surface area contributed by atoms with E-state index in [1.807, 2.05) is 31.3 Å². The smallest absolute Gasteiger partial charge is 0.263 e. The van der Waals surface area contributed by atoms with Gasteiger partial charge >= 0.3 is 0 Å². The number of amides is 1. The number of nitrogens with zero attached hydrogens (tertiary/aromatic N) is 5. The van der Waals surface area contributed by atoms with Crippen LogP contribution in [0, 0.1) is 12.7 Å². The molecule has 0 spiro atoms. The van der Waals surface area contributed by atoms with Crippen LogP contribution in [0.5, 0.6) is 5.75 Å². The highest BCUT2D eigenvalue weighted by molar-refractivity contribution is 9.10. The van der Waals surface area contributed by atoms with Gasteiger partial charge in [0.1, 0.15) is 0 Å². The molecule has 1 aromatic heterocycles. The van der Waals surface area contributed by atoms with E-state index in [9.17, 15) is 9.18 Å². The summed E-state index contributed by atoms with van der Waals surface area (Å²) in [5.74, 6) is -0.589. The molecule has 3 aromatic rings. The van der Waals surface area contributed by atoms with E-state index in [0.29, 0.717) is 24.1 Å². The molecule has 35 heavy (non-hydrogen) atoms. The third-order valence-electron chi connectivity index (χ3n) is 6.26. The number of ether oxygens (including phenoxy) is 1. The van der Waals surface area contributed by atoms with Crippen LogP contribution in [0.3, 0.4) is 0 Å². The van der Waals surface area contributed by atoms with Gasteiger partial charge in [0, 0.05) is 40.7 Å². The van der Waals surface area contributed by atoms with E-state index < -0.39 is 11.9 Å². The van der Waals surface area contributed by atoms with Crippen molar-refractivity contribution in [2.24, 2.45) is 0 Å². The van der Waals surface area contributed by atoms with Gasteiger partial charge < -0.3 is 9.64 Å². The highest BCUT2D eigenvalue weighted by Gasteiger charge is 2.34. The Bertz CT molecular complexity index is 1210. The van der Waals surface area contributed by atoms with Crippen LogP contribution in [-0.2, 0) is 11.3 Å². The van der Waals surface area contributed by atoms with Gasteiger partial charge in [0.25, 0.3) is 5.91 Å². The van der Waals surface area contributed by atoms with Crippen molar-refractivity contribution in [3.05, 3.63) is 68.6 Å². The maximum Gasteiger partial charge on any atom is 0.263 e. The molecule has 1 aliphatic rings. The molecule has 1 fully saturated rings. The van der Waals surface area contributed by atoms with E-state index in [-0.39, 0.29) is 23.7 Å². The lowest BCUT2D eigenvalue weighted by Crippen LogP contribution is -2.59. The van der Waals surface area contributed by atoms with Gasteiger partial charge in [-0.1, -0.05) is 33.3 Å². The molecular formula is C25H28Br2FN5O2. The van der Waals surface area contributed by atoms with Crippen molar-refractivity contribution in [1.29, 1.82) is 0 Å². The van der Waals surface area contributed by atoms with Gasteiger partial charge in [0.15, 0.2) is 17.7 Å². The van der Waals surface area contributed by atoms with Gasteiger partial charge in [-0.3, -0.25) is 9.69 Å². The summed E-state index contributed by atoms with van der Waals surface area (Å²) < 4.78 is 23.2. The third-order valence-corrected chi connectivity index (χ3v) is 7.79. The number of halogens is 3. The summed E-state index contributed by atoms with van der Waals surface area (Å²) in [5.41, 5.74) is 2.93. The van der Waals surface area contributed by atoms with Crippen molar-refractivity contribution in [1.82, 2.24) is 24.8 Å². The molecule has 0 saturated carbocycles. The second kappa shape index (κ2) is 10.8. The zero-order valence-electron chi connectivity index (χ0n) is 20.1. The van der Waals surface area contributed by atoms with Gasteiger partial charge in [-0.15, -0.1) is 5.10 Å². The van der Waals surface area contributed by atoms with Gasteiger partial charge in [0.05, 0.1) is 17.6 Å². The van der Waals surface area contributed by atoms with Crippen molar-refractivity contribution in [3.63, 3.8) is 0 Å². The number of rotatable bonds is 6. The summed E-state index contributed by atoms with van der Waals surface area (Å²) >= 11 is 6.86. The first-order valence-corrected chi connectivity index (χ1v) is 13.1. The quantitative estimate of drug-likeness (QED) is 0.388. The van der Waals surface area contributed by atoms with Crippen LogP contribution in [0.1, 0.15) is 32.0 Å². The Morgan fingerprint density at radius 2 is 1.91 bits per heavy atom. The Hall–Kier alpha value is -2.30. The monoisotopic (exact) mass is 607 g/mol. The molecule has 3 atom stereocenters. The molecular weight excluding hydrogens is 581 g/mol. The highest BCUT2D eigenvalue weighted by Crippen LogP contribution is 2.26. The van der Waals surface area contributed by atoms with Crippen LogP contribution in [0.25, 0.3) is 5.69 Å². The summed E-state index contributed by atoms with van der Waals surface area (Å²) in [4.78, 5) is 17.2. The fourth-order valence-corrected chi connectivity index (χ4v) is 5.18. The number of carbonyl (C=O) groups excluding carboxylic acids is 1. The number of aryl methyl sites for hydroxylation is 1. The normalized spacial score (nSPS) is 19.6. The van der Waals surface area contributed by atoms with Crippen molar-refractivity contribution in [2.75, 3.05) is 13.1 Å². The van der Waals surface area contributed by atoms with E-state index in [4.69, 9.17) is 4.74 Å². The van der Waals surface area contributed by atoms with E-state index in [2.05, 4.69) is 60.9 Å². The fourth-order valence-electron chi connectivity index (χ4n) is 4.40. The number of benzene rings is 2. The molecule has 1 unspecified atom stereocenters. The number of aromatic nitrogens is 3. The first kappa shape index (κ1) is 25.8. The minimum Gasteiger partial charge on any atom is -0.478 e. The van der Waals surface area contributed by atoms with Gasteiger partial charge in [-0.25, -0.2) is 9.07 Å². The molecule has 10 heteroatoms. The lowest BCUT2D eigenvalue weighted by atomic mass is 10.1. The van der Waals surface area contributed by atoms with Crippen LogP contribution in [0.2, 0.25) is 0 Å². The number of piperazine rings is 1. The molecule has 1 amide bonds. The maximum absolute atomic E-state index is 14.1. The largest absolute Gasteiger partial charge is 0.478 e. The predicted octanol–water partition coefficient (Wildman–Crippen LogP) is 5.13. The first-order valence-electron chi connectivity index (χ1n) is 11.5. The van der Waals surface area contributed by atoms with Crippen LogP contribution in [-0.4, -0.2) is 62.0 Å². The summed E-state index contributed by atoms with van der Waals surface area (Å²) in [6.07, 6.45) is 1.16. The second-order valence-electron chi connectivity index (χ2n) is 9.01. The lowest BCUT2D eigenvalue weighted by molar-refractivity contribution is -0.142. The van der Waals surface area contributed by atoms with E-state index >= 15 is 0 Å². The number of hydrogen-bond donors (Lipinski definition) is 0. The molecule has 7 nitrogen and oxygen atoms in total. The minimum absolute atomic E-state index is 0.0668. The van der Waals surface area contributed by atoms with E-state index in [0.717, 1.165) is 21.4 Å². The lowest BCUT2D eigenvalue weighted by Gasteiger charge is -2.44. The highest BCUT2D eigenvalue weighted by atomic mass is 79.9. The third kappa shape index (κ3) is 5.76. The van der Waals surface area contributed by atoms with Crippen LogP contribution in [0.15, 0.2) is 51.5 Å². The summed E-state index contributed by atoms with van der Waals surface area (Å²) in [6, 6.07) is 10.8. The SMILES string of the molecule is Cc1cccc(-n2cc(CN3[C@H](C)CN(C(=O)C(C)Oc4ccc(Br)cc4F)C[C@@H]3C)nn2)c1Br. The zero-order chi connectivity index (χ0) is 25.3. The molecule has 2 heterocycles. The molecule has 0 bridgehead atoms. The number of carbonyl (C=O) groups is 1. The first-order chi connectivity index (χ1) is 16.6. The van der Waals surface area contributed by atoms with Crippen LogP contribution >= 0.6 is 31.9 Å². The molecule has 0 N–H and O–H groups in total. The summed E-state index contributed by atoms with van der Waals surface area (Å²) in [6.45, 7) is 9.62. The zero-order valence-corrected chi connectivity index (χ0v) is 23.3. The Labute approximate surface area is 221 Å². The maximum atomic E-state index is 14.1.